The van der Waals surface area contributed by atoms with Crippen molar-refractivity contribution in [1.82, 2.24) is 0 Å². The van der Waals surface area contributed by atoms with Crippen molar-refractivity contribution in [3.05, 3.63) is 23.7 Å². The Morgan fingerprint density at radius 2 is 2.23 bits per heavy atom. The average Bonchev–Trinajstić information content (AvgIpc) is 2.53. The molecular formula is C10H14O2S. The fourth-order valence-corrected chi connectivity index (χ4v) is 1.30. The molecule has 0 amide bonds. The quantitative estimate of drug-likeness (QED) is 0.582. The van der Waals surface area contributed by atoms with Gasteiger partial charge in [-0.2, -0.15) is 0 Å². The first-order chi connectivity index (χ1) is 6.24. The Balaban J connectivity index is 2.44. The fourth-order valence-electron chi connectivity index (χ4n) is 1.18. The monoisotopic (exact) mass is 198 g/mol. The van der Waals surface area contributed by atoms with Crippen LogP contribution >= 0.6 is 12.6 Å². The molecule has 1 heterocycles. The molecular weight excluding hydrogens is 184 g/mol. The minimum absolute atomic E-state index is 0.304. The van der Waals surface area contributed by atoms with E-state index in [0.717, 1.165) is 18.6 Å². The van der Waals surface area contributed by atoms with Gasteiger partial charge >= 0.3 is 0 Å². The summed E-state index contributed by atoms with van der Waals surface area (Å²) in [7, 11) is 0. The van der Waals surface area contributed by atoms with Crippen LogP contribution in [-0.2, 0) is 6.42 Å². The van der Waals surface area contributed by atoms with Crippen LogP contribution in [0.1, 0.15) is 42.5 Å². The molecule has 0 N–H and O–H groups in total. The topological polar surface area (TPSA) is 30.2 Å². The third-order valence-electron chi connectivity index (χ3n) is 1.90. The van der Waals surface area contributed by atoms with Crippen LogP contribution in [0.3, 0.4) is 0 Å². The molecule has 1 aromatic rings. The lowest BCUT2D eigenvalue weighted by Gasteiger charge is -1.94. The largest absolute Gasteiger partial charge is 0.457 e. The number of hydrogen-bond donors (Lipinski definition) is 1. The molecule has 0 saturated carbocycles. The molecule has 0 saturated heterocycles. The zero-order chi connectivity index (χ0) is 9.68. The number of carbonyl (C=O) groups excluding carboxylic acids is 1. The van der Waals surface area contributed by atoms with Crippen LogP contribution in [0.25, 0.3) is 0 Å². The van der Waals surface area contributed by atoms with Gasteiger partial charge in [0.15, 0.2) is 5.76 Å². The highest BCUT2D eigenvalue weighted by atomic mass is 32.1. The van der Waals surface area contributed by atoms with E-state index in [1.54, 1.807) is 6.07 Å². The number of aryl methyl sites for hydroxylation is 1. The lowest BCUT2D eigenvalue weighted by molar-refractivity contribution is 0.106. The molecule has 1 aromatic heterocycles. The lowest BCUT2D eigenvalue weighted by Crippen LogP contribution is -1.84. The molecule has 1 rings (SSSR count). The number of carbonyl (C=O) groups is 1. The maximum atomic E-state index is 10.8. The van der Waals surface area contributed by atoms with Crippen molar-refractivity contribution in [3.63, 3.8) is 0 Å². The van der Waals surface area contributed by atoms with Gasteiger partial charge in [0.25, 0.3) is 5.12 Å². The van der Waals surface area contributed by atoms with Crippen molar-refractivity contribution in [2.75, 3.05) is 0 Å². The van der Waals surface area contributed by atoms with E-state index >= 15 is 0 Å². The van der Waals surface area contributed by atoms with Crippen molar-refractivity contribution in [2.45, 2.75) is 32.6 Å². The van der Waals surface area contributed by atoms with E-state index in [1.807, 2.05) is 6.07 Å². The molecule has 2 nitrogen and oxygen atoms in total. The van der Waals surface area contributed by atoms with Crippen molar-refractivity contribution >= 4 is 17.7 Å². The van der Waals surface area contributed by atoms with Gasteiger partial charge in [-0.05, 0) is 18.6 Å². The Hall–Kier alpha value is -0.700. The number of unbranched alkanes of at least 4 members (excludes halogenated alkanes) is 2. The van der Waals surface area contributed by atoms with Crippen LogP contribution in [0, 0.1) is 0 Å². The van der Waals surface area contributed by atoms with Gasteiger partial charge in [0, 0.05) is 6.42 Å². The number of furan rings is 1. The lowest BCUT2D eigenvalue weighted by atomic mass is 10.2. The Labute approximate surface area is 83.7 Å². The first-order valence-electron chi connectivity index (χ1n) is 4.56. The minimum atomic E-state index is -0.304. The summed E-state index contributed by atoms with van der Waals surface area (Å²) in [6.07, 6.45) is 4.42. The van der Waals surface area contributed by atoms with Crippen LogP contribution < -0.4 is 0 Å². The van der Waals surface area contributed by atoms with Crippen molar-refractivity contribution in [2.24, 2.45) is 0 Å². The van der Waals surface area contributed by atoms with E-state index < -0.39 is 0 Å². The summed E-state index contributed by atoms with van der Waals surface area (Å²) in [5.74, 6) is 1.22. The third-order valence-corrected chi connectivity index (χ3v) is 2.12. The Morgan fingerprint density at radius 3 is 2.77 bits per heavy atom. The molecule has 0 radical (unpaired) electrons. The molecule has 0 bridgehead atoms. The van der Waals surface area contributed by atoms with Gasteiger partial charge in [0.05, 0.1) is 0 Å². The Kier molecular flexibility index (Phi) is 4.09. The molecule has 0 aliphatic heterocycles. The van der Waals surface area contributed by atoms with E-state index in [2.05, 4.69) is 19.6 Å². The maximum absolute atomic E-state index is 10.8. The van der Waals surface area contributed by atoms with Crippen LogP contribution in [0.4, 0.5) is 0 Å². The second-order valence-electron chi connectivity index (χ2n) is 3.03. The first-order valence-corrected chi connectivity index (χ1v) is 5.00. The highest BCUT2D eigenvalue weighted by Crippen LogP contribution is 2.12. The molecule has 0 spiro atoms. The predicted molar refractivity (Wildman–Crippen MR) is 55.3 cm³/mol. The summed E-state index contributed by atoms with van der Waals surface area (Å²) >= 11 is 3.68. The maximum Gasteiger partial charge on any atom is 0.251 e. The van der Waals surface area contributed by atoms with Crippen molar-refractivity contribution in [3.8, 4) is 0 Å². The van der Waals surface area contributed by atoms with E-state index in [0.29, 0.717) is 5.76 Å². The normalized spacial score (nSPS) is 10.3. The Bertz CT molecular complexity index is 278. The third kappa shape index (κ3) is 3.27. The number of thiol groups is 1. The standard InChI is InChI=1S/C10H14O2S/c1-2-3-4-5-8-6-7-9(12-8)10(11)13/h6-7H,2-5H2,1H3,(H,11,13). The van der Waals surface area contributed by atoms with Gasteiger partial charge in [-0.25, -0.2) is 0 Å². The molecule has 0 aliphatic carbocycles. The summed E-state index contributed by atoms with van der Waals surface area (Å²) in [5.41, 5.74) is 0. The van der Waals surface area contributed by atoms with Crippen LogP contribution in [0.15, 0.2) is 16.5 Å². The second-order valence-corrected chi connectivity index (χ2v) is 3.43. The van der Waals surface area contributed by atoms with Crippen molar-refractivity contribution in [1.29, 1.82) is 0 Å². The molecule has 3 heteroatoms. The zero-order valence-corrected chi connectivity index (χ0v) is 8.64. The number of hydrogen-bond acceptors (Lipinski definition) is 2. The Morgan fingerprint density at radius 1 is 1.46 bits per heavy atom. The number of rotatable bonds is 5. The molecule has 13 heavy (non-hydrogen) atoms. The van der Waals surface area contributed by atoms with E-state index in [4.69, 9.17) is 4.42 Å². The summed E-state index contributed by atoms with van der Waals surface area (Å²) in [6, 6.07) is 3.52. The van der Waals surface area contributed by atoms with Crippen LogP contribution in [-0.4, -0.2) is 5.12 Å². The first kappa shape index (κ1) is 10.4. The molecule has 72 valence electrons. The summed E-state index contributed by atoms with van der Waals surface area (Å²) < 4.78 is 5.27. The SMILES string of the molecule is CCCCCc1ccc(C(=O)S)o1. The van der Waals surface area contributed by atoms with E-state index in [1.165, 1.54) is 12.8 Å². The molecule has 0 aliphatic rings. The predicted octanol–water partition coefficient (Wildman–Crippen LogP) is 3.08. The highest BCUT2D eigenvalue weighted by Gasteiger charge is 2.05. The van der Waals surface area contributed by atoms with Gasteiger partial charge in [-0.1, -0.05) is 32.4 Å². The van der Waals surface area contributed by atoms with Gasteiger partial charge in [0.1, 0.15) is 5.76 Å². The van der Waals surface area contributed by atoms with Gasteiger partial charge in [-0.15, -0.1) is 0 Å². The second kappa shape index (κ2) is 5.12. The van der Waals surface area contributed by atoms with E-state index in [9.17, 15) is 4.79 Å². The van der Waals surface area contributed by atoms with Gasteiger partial charge < -0.3 is 4.42 Å². The average molecular weight is 198 g/mol. The van der Waals surface area contributed by atoms with Crippen molar-refractivity contribution < 1.29 is 9.21 Å². The van der Waals surface area contributed by atoms with Crippen LogP contribution in [0.2, 0.25) is 0 Å². The van der Waals surface area contributed by atoms with Crippen LogP contribution in [0.5, 0.6) is 0 Å². The zero-order valence-electron chi connectivity index (χ0n) is 7.75. The molecule has 0 aromatic carbocycles. The van der Waals surface area contributed by atoms with E-state index in [-0.39, 0.29) is 5.12 Å². The highest BCUT2D eigenvalue weighted by molar-refractivity contribution is 7.97. The molecule has 0 unspecified atom stereocenters. The fraction of sp³-hybridized carbons (Fsp3) is 0.500. The minimum Gasteiger partial charge on any atom is -0.457 e. The molecule has 0 fully saturated rings. The summed E-state index contributed by atoms with van der Waals surface area (Å²) in [4.78, 5) is 10.8. The summed E-state index contributed by atoms with van der Waals surface area (Å²) in [6.45, 7) is 2.16. The summed E-state index contributed by atoms with van der Waals surface area (Å²) in [5, 5.41) is -0.304. The molecule has 0 atom stereocenters. The smallest absolute Gasteiger partial charge is 0.251 e. The van der Waals surface area contributed by atoms with Gasteiger partial charge in [0.2, 0.25) is 0 Å². The van der Waals surface area contributed by atoms with Gasteiger partial charge in [-0.3, -0.25) is 4.79 Å².